The van der Waals surface area contributed by atoms with Gasteiger partial charge in [0.2, 0.25) is 0 Å². The third-order valence-electron chi connectivity index (χ3n) is 5.78. The lowest BCUT2D eigenvalue weighted by molar-refractivity contribution is -0.142. The summed E-state index contributed by atoms with van der Waals surface area (Å²) in [6, 6.07) is 28.0. The van der Waals surface area contributed by atoms with Crippen LogP contribution in [0.5, 0.6) is 0 Å². The largest absolute Gasteiger partial charge is 0.463 e. The van der Waals surface area contributed by atoms with E-state index in [9.17, 15) is 18.0 Å². The van der Waals surface area contributed by atoms with E-state index in [1.54, 1.807) is 0 Å². The highest BCUT2D eigenvalue weighted by atomic mass is 19.4. The Morgan fingerprint density at radius 2 is 1.27 bits per heavy atom. The molecule has 1 heterocycles. The van der Waals surface area contributed by atoms with E-state index in [0.29, 0.717) is 6.47 Å². The first-order valence-electron chi connectivity index (χ1n) is 10.3. The summed E-state index contributed by atoms with van der Waals surface area (Å²) in [7, 11) is 0. The Bertz CT molecular complexity index is 1080. The van der Waals surface area contributed by atoms with Crippen LogP contribution in [0.15, 0.2) is 97.2 Å². The quantitative estimate of drug-likeness (QED) is 0.283. The van der Waals surface area contributed by atoms with Crippen molar-refractivity contribution in [3.63, 3.8) is 0 Å². The second-order valence-corrected chi connectivity index (χ2v) is 7.59. The van der Waals surface area contributed by atoms with E-state index in [1.807, 2.05) is 91.0 Å². The van der Waals surface area contributed by atoms with Gasteiger partial charge in [0.15, 0.2) is 5.69 Å². The summed E-state index contributed by atoms with van der Waals surface area (Å²) < 4.78 is 46.4. The Morgan fingerprint density at radius 3 is 1.67 bits per heavy atom. The first-order chi connectivity index (χ1) is 16.0. The van der Waals surface area contributed by atoms with Gasteiger partial charge in [-0.1, -0.05) is 91.0 Å². The van der Waals surface area contributed by atoms with Gasteiger partial charge in [0.05, 0.1) is 5.41 Å². The maximum absolute atomic E-state index is 13.6. The maximum atomic E-state index is 13.6. The van der Waals surface area contributed by atoms with Gasteiger partial charge in [0.1, 0.15) is 6.10 Å². The van der Waals surface area contributed by atoms with Gasteiger partial charge < -0.3 is 4.74 Å². The smallest absolute Gasteiger partial charge is 0.435 e. The minimum absolute atomic E-state index is 0.0819. The van der Waals surface area contributed by atoms with Gasteiger partial charge in [0.25, 0.3) is 6.47 Å². The minimum atomic E-state index is -4.64. The Hall–Kier alpha value is -3.87. The lowest BCUT2D eigenvalue weighted by Crippen LogP contribution is -2.45. The third kappa shape index (κ3) is 4.26. The molecule has 0 spiro atoms. The highest BCUT2D eigenvalue weighted by Gasteiger charge is 2.47. The number of nitrogens with one attached hydrogen (secondary N) is 1. The standard InChI is InChI=1S/C26H21F3N2O2/c27-26(28,29)24-19(17-30-31-24)16-23(33-18-32)25(20-10-4-1-5-11-20,21-12-6-2-7-13-21)22-14-8-3-9-15-22/h1-15,17-18,23H,16H2,(H,30,31). The Balaban J connectivity index is 2.00. The van der Waals surface area contributed by atoms with E-state index in [2.05, 4.69) is 10.2 Å². The number of aromatic nitrogens is 2. The van der Waals surface area contributed by atoms with Crippen molar-refractivity contribution in [2.45, 2.75) is 24.1 Å². The predicted molar refractivity (Wildman–Crippen MR) is 117 cm³/mol. The Kier molecular flexibility index (Phi) is 6.31. The molecular formula is C26H21F3N2O2. The molecule has 0 saturated carbocycles. The summed E-state index contributed by atoms with van der Waals surface area (Å²) in [6.45, 7) is 0.293. The number of aromatic amines is 1. The van der Waals surface area contributed by atoms with Crippen LogP contribution in [0.25, 0.3) is 0 Å². The van der Waals surface area contributed by atoms with Crippen LogP contribution in [0.4, 0.5) is 13.2 Å². The highest BCUT2D eigenvalue weighted by Crippen LogP contribution is 2.45. The van der Waals surface area contributed by atoms with Crippen LogP contribution in [0.3, 0.4) is 0 Å². The number of nitrogens with zero attached hydrogens (tertiary/aromatic N) is 1. The van der Waals surface area contributed by atoms with Crippen LogP contribution >= 0.6 is 0 Å². The van der Waals surface area contributed by atoms with Crippen molar-refractivity contribution in [2.24, 2.45) is 0 Å². The van der Waals surface area contributed by atoms with Gasteiger partial charge in [-0.15, -0.1) is 0 Å². The zero-order valence-electron chi connectivity index (χ0n) is 17.5. The van der Waals surface area contributed by atoms with Crippen molar-refractivity contribution < 1.29 is 22.7 Å². The zero-order valence-corrected chi connectivity index (χ0v) is 17.5. The Morgan fingerprint density at radius 1 is 0.818 bits per heavy atom. The van der Waals surface area contributed by atoms with Gasteiger partial charge >= 0.3 is 6.18 Å². The molecule has 0 fully saturated rings. The van der Waals surface area contributed by atoms with Crippen LogP contribution in [-0.4, -0.2) is 22.8 Å². The molecule has 33 heavy (non-hydrogen) atoms. The number of H-pyrrole nitrogens is 1. The fourth-order valence-electron chi connectivity index (χ4n) is 4.45. The van der Waals surface area contributed by atoms with Crippen molar-refractivity contribution in [1.29, 1.82) is 0 Å². The number of ether oxygens (including phenoxy) is 1. The minimum Gasteiger partial charge on any atom is -0.463 e. The van der Waals surface area contributed by atoms with Gasteiger partial charge in [-0.3, -0.25) is 9.89 Å². The second-order valence-electron chi connectivity index (χ2n) is 7.59. The number of alkyl halides is 3. The number of benzene rings is 3. The fraction of sp³-hybridized carbons (Fsp3) is 0.154. The molecule has 1 unspecified atom stereocenters. The molecule has 7 heteroatoms. The maximum Gasteiger partial charge on any atom is 0.435 e. The van der Waals surface area contributed by atoms with Crippen LogP contribution < -0.4 is 0 Å². The molecule has 4 aromatic rings. The van der Waals surface area contributed by atoms with E-state index in [4.69, 9.17) is 4.74 Å². The van der Waals surface area contributed by atoms with E-state index >= 15 is 0 Å². The molecule has 4 nitrogen and oxygen atoms in total. The number of hydrogen-bond acceptors (Lipinski definition) is 3. The molecule has 4 rings (SSSR count). The molecule has 3 aromatic carbocycles. The number of rotatable bonds is 8. The predicted octanol–water partition coefficient (Wildman–Crippen LogP) is 5.55. The lowest BCUT2D eigenvalue weighted by Gasteiger charge is -2.41. The van der Waals surface area contributed by atoms with Crippen LogP contribution in [-0.2, 0) is 27.5 Å². The number of halogens is 3. The molecule has 1 aromatic heterocycles. The van der Waals surface area contributed by atoms with Gasteiger partial charge in [0, 0.05) is 18.2 Å². The second kappa shape index (κ2) is 9.32. The SMILES string of the molecule is O=COC(Cc1c[nH]nc1C(F)(F)F)C(c1ccccc1)(c1ccccc1)c1ccccc1. The molecule has 168 valence electrons. The van der Waals surface area contributed by atoms with Crippen molar-refractivity contribution in [3.05, 3.63) is 125 Å². The summed E-state index contributed by atoms with van der Waals surface area (Å²) in [5.41, 5.74) is 0.167. The van der Waals surface area contributed by atoms with Crippen molar-refractivity contribution >= 4 is 6.47 Å². The van der Waals surface area contributed by atoms with Gasteiger partial charge in [-0.25, -0.2) is 0 Å². The van der Waals surface area contributed by atoms with E-state index in [0.717, 1.165) is 16.7 Å². The molecule has 1 N–H and O–H groups in total. The molecule has 0 aliphatic rings. The van der Waals surface area contributed by atoms with Crippen LogP contribution in [0.2, 0.25) is 0 Å². The van der Waals surface area contributed by atoms with Crippen molar-refractivity contribution in [2.75, 3.05) is 0 Å². The first kappa shape index (κ1) is 22.3. The topological polar surface area (TPSA) is 55.0 Å². The molecular weight excluding hydrogens is 429 g/mol. The summed E-state index contributed by atoms with van der Waals surface area (Å²) >= 11 is 0. The zero-order chi connectivity index (χ0) is 23.3. The summed E-state index contributed by atoms with van der Waals surface area (Å²) in [5.74, 6) is 0. The van der Waals surface area contributed by atoms with Gasteiger partial charge in [-0.05, 0) is 16.7 Å². The average Bonchev–Trinajstić information content (AvgIpc) is 3.31. The lowest BCUT2D eigenvalue weighted by atomic mass is 9.64. The van der Waals surface area contributed by atoms with E-state index in [1.165, 1.54) is 6.20 Å². The number of hydrogen-bond donors (Lipinski definition) is 1. The molecule has 0 amide bonds. The molecule has 0 bridgehead atoms. The molecule has 0 aliphatic carbocycles. The fourth-order valence-corrected chi connectivity index (χ4v) is 4.45. The number of carbonyl (C=O) groups excluding carboxylic acids is 1. The molecule has 1 atom stereocenters. The summed E-state index contributed by atoms with van der Waals surface area (Å²) in [4.78, 5) is 11.7. The molecule has 0 radical (unpaired) electrons. The third-order valence-corrected chi connectivity index (χ3v) is 5.78. The summed E-state index contributed by atoms with van der Waals surface area (Å²) in [5, 5.41) is 5.72. The molecule has 0 aliphatic heterocycles. The highest BCUT2D eigenvalue weighted by molar-refractivity contribution is 5.54. The van der Waals surface area contributed by atoms with Gasteiger partial charge in [-0.2, -0.15) is 18.3 Å². The Labute approximate surface area is 189 Å². The van der Waals surface area contributed by atoms with Crippen LogP contribution in [0, 0.1) is 0 Å². The van der Waals surface area contributed by atoms with Crippen LogP contribution in [0.1, 0.15) is 27.9 Å². The first-order valence-corrected chi connectivity index (χ1v) is 10.3. The summed E-state index contributed by atoms with van der Waals surface area (Å²) in [6.07, 6.45) is -4.64. The van der Waals surface area contributed by atoms with Crippen molar-refractivity contribution in [1.82, 2.24) is 10.2 Å². The van der Waals surface area contributed by atoms with E-state index in [-0.39, 0.29) is 12.0 Å². The monoisotopic (exact) mass is 450 g/mol. The average molecular weight is 450 g/mol. The van der Waals surface area contributed by atoms with E-state index < -0.39 is 23.4 Å². The molecule has 0 saturated heterocycles. The number of carbonyl (C=O) groups is 1. The normalized spacial score (nSPS) is 12.8. The van der Waals surface area contributed by atoms with Crippen molar-refractivity contribution in [3.8, 4) is 0 Å².